The van der Waals surface area contributed by atoms with Crippen LogP contribution < -0.4 is 10.6 Å². The molecule has 0 spiro atoms. The Morgan fingerprint density at radius 1 is 1.29 bits per heavy atom. The van der Waals surface area contributed by atoms with E-state index in [1.807, 2.05) is 22.9 Å². The quantitative estimate of drug-likeness (QED) is 0.795. The third-order valence-corrected chi connectivity index (χ3v) is 3.34. The molecule has 0 amide bonds. The average molecular weight is 287 g/mol. The van der Waals surface area contributed by atoms with Crippen molar-refractivity contribution in [3.05, 3.63) is 36.4 Å². The van der Waals surface area contributed by atoms with E-state index in [1.54, 1.807) is 6.33 Å². The molecular weight excluding hydrogens is 262 g/mol. The minimum absolute atomic E-state index is 0.548. The minimum atomic E-state index is 0.548. The number of hydrogen-bond acceptors (Lipinski definition) is 4. The number of nitrogens with two attached hydrogens (primary N) is 1. The van der Waals surface area contributed by atoms with Crippen molar-refractivity contribution in [1.29, 1.82) is 0 Å². The molecule has 0 unspecified atom stereocenters. The van der Waals surface area contributed by atoms with E-state index in [9.17, 15) is 0 Å². The van der Waals surface area contributed by atoms with E-state index in [-0.39, 0.29) is 0 Å². The summed E-state index contributed by atoms with van der Waals surface area (Å²) >= 11 is 0. The fourth-order valence-electron chi connectivity index (χ4n) is 2.41. The Labute approximate surface area is 126 Å². The number of rotatable bonds is 7. The van der Waals surface area contributed by atoms with Crippen LogP contribution >= 0.6 is 0 Å². The lowest BCUT2D eigenvalue weighted by molar-refractivity contribution is 0.463. The van der Waals surface area contributed by atoms with Crippen LogP contribution in [0, 0.1) is 5.92 Å². The maximum atomic E-state index is 6.11. The van der Waals surface area contributed by atoms with Crippen molar-refractivity contribution in [3.63, 3.8) is 0 Å². The van der Waals surface area contributed by atoms with Gasteiger partial charge < -0.3 is 10.6 Å². The Balaban J connectivity index is 2.21. The van der Waals surface area contributed by atoms with Crippen molar-refractivity contribution in [3.8, 4) is 0 Å². The van der Waals surface area contributed by atoms with E-state index >= 15 is 0 Å². The van der Waals surface area contributed by atoms with Crippen molar-refractivity contribution in [2.24, 2.45) is 5.92 Å². The topological polar surface area (TPSA) is 60.0 Å². The van der Waals surface area contributed by atoms with Crippen LogP contribution in [0.1, 0.15) is 33.0 Å². The second-order valence-corrected chi connectivity index (χ2v) is 5.73. The number of nitrogen functional groups attached to an aromatic ring is 1. The molecule has 0 saturated carbocycles. The molecule has 1 heterocycles. The molecule has 2 rings (SSSR count). The minimum Gasteiger partial charge on any atom is -0.397 e. The van der Waals surface area contributed by atoms with E-state index < -0.39 is 0 Å². The Bertz CT molecular complexity index is 561. The highest BCUT2D eigenvalue weighted by molar-refractivity contribution is 5.67. The van der Waals surface area contributed by atoms with E-state index in [2.05, 4.69) is 41.8 Å². The maximum Gasteiger partial charge on any atom is 0.146 e. The first-order valence-corrected chi connectivity index (χ1v) is 7.58. The van der Waals surface area contributed by atoms with Crippen molar-refractivity contribution in [1.82, 2.24) is 14.8 Å². The van der Waals surface area contributed by atoms with Crippen molar-refractivity contribution in [2.75, 3.05) is 17.2 Å². The van der Waals surface area contributed by atoms with Gasteiger partial charge >= 0.3 is 0 Å². The van der Waals surface area contributed by atoms with Gasteiger partial charge in [-0.1, -0.05) is 32.9 Å². The van der Waals surface area contributed by atoms with Gasteiger partial charge in [0.1, 0.15) is 12.2 Å². The maximum absolute atomic E-state index is 6.11. The first kappa shape index (κ1) is 15.4. The molecule has 0 aliphatic carbocycles. The van der Waals surface area contributed by atoms with Crippen molar-refractivity contribution in [2.45, 2.75) is 40.3 Å². The van der Waals surface area contributed by atoms with Crippen molar-refractivity contribution < 1.29 is 0 Å². The number of aromatic nitrogens is 3. The van der Waals surface area contributed by atoms with E-state index in [0.717, 1.165) is 43.3 Å². The van der Waals surface area contributed by atoms with Gasteiger partial charge in [0.25, 0.3) is 0 Å². The Morgan fingerprint density at radius 2 is 2.05 bits per heavy atom. The summed E-state index contributed by atoms with van der Waals surface area (Å²) in [7, 11) is 0. The highest BCUT2D eigenvalue weighted by atomic mass is 15.3. The Morgan fingerprint density at radius 3 is 2.71 bits per heavy atom. The molecule has 5 nitrogen and oxygen atoms in total. The summed E-state index contributed by atoms with van der Waals surface area (Å²) in [5.74, 6) is 1.53. The van der Waals surface area contributed by atoms with Crippen molar-refractivity contribution >= 4 is 11.4 Å². The summed E-state index contributed by atoms with van der Waals surface area (Å²) in [4.78, 5) is 6.69. The lowest BCUT2D eigenvalue weighted by Gasteiger charge is -2.25. The standard InChI is InChI=1S/C16H25N5/c1-4-9-20(15-8-6-5-7-14(15)17)11-16-18-12-19-21(16)10-13(2)3/h5-8,12-13H,4,9-11,17H2,1-3H3. The molecule has 0 aliphatic rings. The second-order valence-electron chi connectivity index (χ2n) is 5.73. The SMILES string of the molecule is CCCN(Cc1ncnn1CC(C)C)c1ccccc1N. The largest absolute Gasteiger partial charge is 0.397 e. The molecule has 1 aromatic heterocycles. The lowest BCUT2D eigenvalue weighted by Crippen LogP contribution is -2.27. The number of benzene rings is 1. The van der Waals surface area contributed by atoms with Crippen LogP contribution in [0.4, 0.5) is 11.4 Å². The third-order valence-electron chi connectivity index (χ3n) is 3.34. The zero-order chi connectivity index (χ0) is 15.2. The molecule has 2 aromatic rings. The summed E-state index contributed by atoms with van der Waals surface area (Å²) in [6.07, 6.45) is 2.70. The van der Waals surface area contributed by atoms with Crippen LogP contribution in [-0.2, 0) is 13.1 Å². The number of para-hydroxylation sites is 2. The average Bonchev–Trinajstić information content (AvgIpc) is 2.85. The predicted molar refractivity (Wildman–Crippen MR) is 87.1 cm³/mol. The smallest absolute Gasteiger partial charge is 0.146 e. The number of nitrogens with zero attached hydrogens (tertiary/aromatic N) is 4. The fraction of sp³-hybridized carbons (Fsp3) is 0.500. The zero-order valence-corrected chi connectivity index (χ0v) is 13.2. The van der Waals surface area contributed by atoms with Gasteiger partial charge in [-0.3, -0.25) is 0 Å². The molecule has 5 heteroatoms. The lowest BCUT2D eigenvalue weighted by atomic mass is 10.2. The van der Waals surface area contributed by atoms with Crippen LogP contribution in [0.5, 0.6) is 0 Å². The van der Waals surface area contributed by atoms with Gasteiger partial charge in [0.05, 0.1) is 17.9 Å². The van der Waals surface area contributed by atoms with Crippen LogP contribution in [0.3, 0.4) is 0 Å². The Kier molecular flexibility index (Phi) is 5.20. The van der Waals surface area contributed by atoms with Gasteiger partial charge in [-0.2, -0.15) is 5.10 Å². The highest BCUT2D eigenvalue weighted by Gasteiger charge is 2.13. The van der Waals surface area contributed by atoms with Crippen LogP contribution in [0.2, 0.25) is 0 Å². The van der Waals surface area contributed by atoms with E-state index in [1.165, 1.54) is 0 Å². The van der Waals surface area contributed by atoms with Crippen LogP contribution in [0.25, 0.3) is 0 Å². The van der Waals surface area contributed by atoms with Gasteiger partial charge in [-0.05, 0) is 24.5 Å². The molecule has 114 valence electrons. The number of anilines is 2. The molecule has 0 bridgehead atoms. The van der Waals surface area contributed by atoms with Crippen LogP contribution in [-0.4, -0.2) is 21.3 Å². The molecule has 0 aliphatic heterocycles. The molecule has 2 N–H and O–H groups in total. The summed E-state index contributed by atoms with van der Waals surface area (Å²) in [6, 6.07) is 7.99. The normalized spacial score (nSPS) is 11.0. The molecule has 0 saturated heterocycles. The molecule has 0 atom stereocenters. The zero-order valence-electron chi connectivity index (χ0n) is 13.2. The molecule has 0 radical (unpaired) electrons. The van der Waals surface area contributed by atoms with Crippen LogP contribution in [0.15, 0.2) is 30.6 Å². The van der Waals surface area contributed by atoms with Gasteiger partial charge in [0, 0.05) is 13.1 Å². The summed E-state index contributed by atoms with van der Waals surface area (Å²) < 4.78 is 1.99. The summed E-state index contributed by atoms with van der Waals surface area (Å²) in [6.45, 7) is 9.11. The summed E-state index contributed by atoms with van der Waals surface area (Å²) in [5, 5.41) is 4.33. The highest BCUT2D eigenvalue weighted by Crippen LogP contribution is 2.24. The van der Waals surface area contributed by atoms with E-state index in [4.69, 9.17) is 5.73 Å². The second kappa shape index (κ2) is 7.11. The van der Waals surface area contributed by atoms with Gasteiger partial charge in [-0.25, -0.2) is 9.67 Å². The monoisotopic (exact) mass is 287 g/mol. The third kappa shape index (κ3) is 3.97. The van der Waals surface area contributed by atoms with Gasteiger partial charge in [0.15, 0.2) is 0 Å². The predicted octanol–water partition coefficient (Wildman–Crippen LogP) is 2.93. The first-order valence-electron chi connectivity index (χ1n) is 7.58. The van der Waals surface area contributed by atoms with E-state index in [0.29, 0.717) is 5.92 Å². The summed E-state index contributed by atoms with van der Waals surface area (Å²) in [5.41, 5.74) is 7.99. The van der Waals surface area contributed by atoms with Gasteiger partial charge in [-0.15, -0.1) is 0 Å². The fourth-order valence-corrected chi connectivity index (χ4v) is 2.41. The molecule has 1 aromatic carbocycles. The molecular formula is C16H25N5. The number of hydrogen-bond donors (Lipinski definition) is 1. The molecule has 0 fully saturated rings. The first-order chi connectivity index (χ1) is 10.1. The molecule has 21 heavy (non-hydrogen) atoms. The van der Waals surface area contributed by atoms with Gasteiger partial charge in [0.2, 0.25) is 0 Å². The Hall–Kier alpha value is -2.04.